The van der Waals surface area contributed by atoms with Crippen molar-refractivity contribution in [3.05, 3.63) is 63.1 Å². The first-order valence-electron chi connectivity index (χ1n) is 6.40. The van der Waals surface area contributed by atoms with Crippen LogP contribution in [0.15, 0.2) is 46.8 Å². The number of nitrogens with zero attached hydrogens (tertiary/aromatic N) is 2. The molecule has 0 radical (unpaired) electrons. The van der Waals surface area contributed by atoms with Crippen molar-refractivity contribution in [2.24, 2.45) is 0 Å². The minimum Gasteiger partial charge on any atom is -0.374 e. The Kier molecular flexibility index (Phi) is 3.81. The van der Waals surface area contributed by atoms with Gasteiger partial charge in [-0.3, -0.25) is 9.36 Å². The van der Waals surface area contributed by atoms with E-state index in [9.17, 15) is 9.18 Å². The lowest BCUT2D eigenvalue weighted by Gasteiger charge is -2.15. The standard InChI is InChI=1S/C15H13FN2O2S/c1-20-12(13-6-3-7-21-13)8-18-9-17-14-10(15(18)19)4-2-5-11(14)16/h2-7,9,12H,8H2,1H3/t12-/m0/s1. The van der Waals surface area contributed by atoms with Crippen LogP contribution in [-0.4, -0.2) is 16.7 Å². The molecule has 4 nitrogen and oxygen atoms in total. The lowest BCUT2D eigenvalue weighted by atomic mass is 10.2. The number of hydrogen-bond donors (Lipinski definition) is 0. The highest BCUT2D eigenvalue weighted by Gasteiger charge is 2.15. The number of para-hydroxylation sites is 1. The maximum absolute atomic E-state index is 13.6. The van der Waals surface area contributed by atoms with E-state index in [4.69, 9.17) is 4.74 Å². The number of hydrogen-bond acceptors (Lipinski definition) is 4. The van der Waals surface area contributed by atoms with Gasteiger partial charge < -0.3 is 4.74 Å². The van der Waals surface area contributed by atoms with Crippen molar-refractivity contribution < 1.29 is 9.13 Å². The number of benzene rings is 1. The molecule has 2 heterocycles. The Bertz CT molecular complexity index is 814. The third kappa shape index (κ3) is 2.59. The fourth-order valence-corrected chi connectivity index (χ4v) is 3.01. The van der Waals surface area contributed by atoms with Gasteiger partial charge in [-0.1, -0.05) is 12.1 Å². The highest BCUT2D eigenvalue weighted by molar-refractivity contribution is 7.10. The molecule has 0 unspecified atom stereocenters. The van der Waals surface area contributed by atoms with E-state index < -0.39 is 5.82 Å². The molecule has 0 aliphatic heterocycles. The second kappa shape index (κ2) is 5.75. The highest BCUT2D eigenvalue weighted by Crippen LogP contribution is 2.23. The molecule has 21 heavy (non-hydrogen) atoms. The summed E-state index contributed by atoms with van der Waals surface area (Å²) in [6.45, 7) is 0.343. The van der Waals surface area contributed by atoms with Crippen LogP contribution in [0, 0.1) is 5.82 Å². The number of fused-ring (bicyclic) bond motifs is 1. The van der Waals surface area contributed by atoms with Gasteiger partial charge in [0.05, 0.1) is 18.3 Å². The van der Waals surface area contributed by atoms with Crippen molar-refractivity contribution in [2.75, 3.05) is 7.11 Å². The Morgan fingerprint density at radius 3 is 2.95 bits per heavy atom. The van der Waals surface area contributed by atoms with Crippen molar-refractivity contribution in [3.63, 3.8) is 0 Å². The van der Waals surface area contributed by atoms with E-state index in [0.717, 1.165) is 4.88 Å². The molecule has 6 heteroatoms. The summed E-state index contributed by atoms with van der Waals surface area (Å²) < 4.78 is 20.5. The number of methoxy groups -OCH3 is 1. The van der Waals surface area contributed by atoms with E-state index in [-0.39, 0.29) is 22.6 Å². The first-order valence-corrected chi connectivity index (χ1v) is 7.28. The number of ether oxygens (including phenoxy) is 1. The molecular formula is C15H13FN2O2S. The number of thiophene rings is 1. The Balaban J connectivity index is 2.01. The molecular weight excluding hydrogens is 291 g/mol. The van der Waals surface area contributed by atoms with Gasteiger partial charge in [-0.15, -0.1) is 11.3 Å². The monoisotopic (exact) mass is 304 g/mol. The number of rotatable bonds is 4. The predicted molar refractivity (Wildman–Crippen MR) is 80.0 cm³/mol. The van der Waals surface area contributed by atoms with E-state index in [0.29, 0.717) is 6.54 Å². The molecule has 0 aliphatic rings. The molecule has 0 amide bonds. The minimum atomic E-state index is -0.488. The SMILES string of the molecule is CO[C@@H](Cn1cnc2c(F)cccc2c1=O)c1cccs1. The van der Waals surface area contributed by atoms with Gasteiger partial charge in [0.25, 0.3) is 5.56 Å². The van der Waals surface area contributed by atoms with Gasteiger partial charge in [0.1, 0.15) is 17.4 Å². The Hall–Kier alpha value is -2.05. The summed E-state index contributed by atoms with van der Waals surface area (Å²) >= 11 is 1.57. The fraction of sp³-hybridized carbons (Fsp3) is 0.200. The largest absolute Gasteiger partial charge is 0.374 e. The quantitative estimate of drug-likeness (QED) is 0.744. The molecule has 1 atom stereocenters. The summed E-state index contributed by atoms with van der Waals surface area (Å²) in [5.74, 6) is -0.488. The Morgan fingerprint density at radius 2 is 2.24 bits per heavy atom. The van der Waals surface area contributed by atoms with Gasteiger partial charge in [0, 0.05) is 12.0 Å². The molecule has 0 fully saturated rings. The van der Waals surface area contributed by atoms with Crippen molar-refractivity contribution in [1.82, 2.24) is 9.55 Å². The molecule has 1 aromatic carbocycles. The van der Waals surface area contributed by atoms with Crippen molar-refractivity contribution in [1.29, 1.82) is 0 Å². The van der Waals surface area contributed by atoms with Gasteiger partial charge in [0.2, 0.25) is 0 Å². The van der Waals surface area contributed by atoms with Crippen LogP contribution in [0.25, 0.3) is 10.9 Å². The Labute approximate surface area is 124 Å². The van der Waals surface area contributed by atoms with Gasteiger partial charge in [-0.2, -0.15) is 0 Å². The zero-order valence-electron chi connectivity index (χ0n) is 11.3. The second-order valence-electron chi connectivity index (χ2n) is 4.58. The molecule has 0 N–H and O–H groups in total. The van der Waals surface area contributed by atoms with E-state index >= 15 is 0 Å². The molecule has 2 aromatic heterocycles. The zero-order valence-corrected chi connectivity index (χ0v) is 12.1. The molecule has 0 spiro atoms. The summed E-state index contributed by atoms with van der Waals surface area (Å²) in [5, 5.41) is 2.23. The minimum absolute atomic E-state index is 0.101. The Morgan fingerprint density at radius 1 is 1.38 bits per heavy atom. The van der Waals surface area contributed by atoms with Crippen LogP contribution < -0.4 is 5.56 Å². The van der Waals surface area contributed by atoms with E-state index in [1.807, 2.05) is 17.5 Å². The molecule has 3 aromatic rings. The second-order valence-corrected chi connectivity index (χ2v) is 5.56. The lowest BCUT2D eigenvalue weighted by molar-refractivity contribution is 0.0897. The topological polar surface area (TPSA) is 44.1 Å². The summed E-state index contributed by atoms with van der Waals surface area (Å²) in [6.07, 6.45) is 1.14. The van der Waals surface area contributed by atoms with Crippen LogP contribution >= 0.6 is 11.3 Å². The first-order chi connectivity index (χ1) is 10.2. The molecule has 0 saturated heterocycles. The first kappa shape index (κ1) is 13.9. The normalized spacial score (nSPS) is 12.7. The number of aromatic nitrogens is 2. The smallest absolute Gasteiger partial charge is 0.261 e. The van der Waals surface area contributed by atoms with Crippen LogP contribution in [0.5, 0.6) is 0 Å². The maximum atomic E-state index is 13.6. The van der Waals surface area contributed by atoms with E-state index in [2.05, 4.69) is 4.98 Å². The summed E-state index contributed by atoms with van der Waals surface area (Å²) in [6, 6.07) is 8.28. The van der Waals surface area contributed by atoms with Crippen LogP contribution in [0.1, 0.15) is 11.0 Å². The van der Waals surface area contributed by atoms with Crippen molar-refractivity contribution >= 4 is 22.2 Å². The zero-order chi connectivity index (χ0) is 14.8. The third-order valence-corrected chi connectivity index (χ3v) is 4.28. The molecule has 0 aliphatic carbocycles. The van der Waals surface area contributed by atoms with E-state index in [1.165, 1.54) is 23.0 Å². The number of halogens is 1. The predicted octanol–water partition coefficient (Wildman–Crippen LogP) is 2.98. The van der Waals surface area contributed by atoms with Crippen LogP contribution in [0.3, 0.4) is 0 Å². The molecule has 0 saturated carbocycles. The lowest BCUT2D eigenvalue weighted by Crippen LogP contribution is -2.24. The fourth-order valence-electron chi connectivity index (χ4n) is 2.22. The maximum Gasteiger partial charge on any atom is 0.261 e. The average molecular weight is 304 g/mol. The summed E-state index contributed by atoms with van der Waals surface area (Å²) in [7, 11) is 1.60. The van der Waals surface area contributed by atoms with Crippen LogP contribution in [0.2, 0.25) is 0 Å². The van der Waals surface area contributed by atoms with Gasteiger partial charge in [0.15, 0.2) is 0 Å². The molecule has 0 bridgehead atoms. The summed E-state index contributed by atoms with van der Waals surface area (Å²) in [5.41, 5.74) is -0.165. The van der Waals surface area contributed by atoms with Crippen LogP contribution in [0.4, 0.5) is 4.39 Å². The van der Waals surface area contributed by atoms with Gasteiger partial charge >= 0.3 is 0 Å². The van der Waals surface area contributed by atoms with Gasteiger partial charge in [-0.05, 0) is 23.6 Å². The van der Waals surface area contributed by atoms with Crippen molar-refractivity contribution in [3.8, 4) is 0 Å². The highest BCUT2D eigenvalue weighted by atomic mass is 32.1. The van der Waals surface area contributed by atoms with Gasteiger partial charge in [-0.25, -0.2) is 9.37 Å². The van der Waals surface area contributed by atoms with Crippen LogP contribution in [-0.2, 0) is 11.3 Å². The third-order valence-electron chi connectivity index (χ3n) is 3.31. The molecule has 3 rings (SSSR count). The summed E-state index contributed by atoms with van der Waals surface area (Å²) in [4.78, 5) is 17.5. The van der Waals surface area contributed by atoms with Crippen molar-refractivity contribution in [2.45, 2.75) is 12.6 Å². The average Bonchev–Trinajstić information content (AvgIpc) is 3.01. The molecule has 108 valence electrons. The van der Waals surface area contributed by atoms with E-state index in [1.54, 1.807) is 24.5 Å².